The van der Waals surface area contributed by atoms with Crippen molar-refractivity contribution in [1.29, 1.82) is 0 Å². The van der Waals surface area contributed by atoms with Crippen LogP contribution in [0.3, 0.4) is 0 Å². The zero-order valence-electron chi connectivity index (χ0n) is 11.8. The molecule has 0 aliphatic rings. The molecule has 2 nitrogen and oxygen atoms in total. The highest BCUT2D eigenvalue weighted by Gasteiger charge is 2.05. The van der Waals surface area contributed by atoms with Crippen LogP contribution in [0.5, 0.6) is 5.75 Å². The number of hydrogen-bond donors (Lipinski definition) is 1. The molecule has 100 valence electrons. The van der Waals surface area contributed by atoms with Crippen molar-refractivity contribution in [3.8, 4) is 5.75 Å². The SMILES string of the molecule is Cc1ccc(C)c(NC[C@@H](C)Oc2ccccc2)c1. The number of hydrogen-bond acceptors (Lipinski definition) is 2. The average Bonchev–Trinajstić information content (AvgIpc) is 2.41. The van der Waals surface area contributed by atoms with Gasteiger partial charge in [-0.2, -0.15) is 0 Å². The van der Waals surface area contributed by atoms with Crippen molar-refractivity contribution in [1.82, 2.24) is 0 Å². The lowest BCUT2D eigenvalue weighted by molar-refractivity contribution is 0.235. The third kappa shape index (κ3) is 4.02. The first kappa shape index (κ1) is 13.5. The van der Waals surface area contributed by atoms with Crippen LogP contribution in [0.1, 0.15) is 18.1 Å². The topological polar surface area (TPSA) is 21.3 Å². The lowest BCUT2D eigenvalue weighted by atomic mass is 10.1. The molecule has 0 unspecified atom stereocenters. The summed E-state index contributed by atoms with van der Waals surface area (Å²) in [6, 6.07) is 16.4. The van der Waals surface area contributed by atoms with Crippen molar-refractivity contribution in [2.45, 2.75) is 26.9 Å². The molecule has 0 aromatic heterocycles. The van der Waals surface area contributed by atoms with E-state index in [4.69, 9.17) is 4.74 Å². The third-order valence-electron chi connectivity index (χ3n) is 3.05. The van der Waals surface area contributed by atoms with E-state index >= 15 is 0 Å². The zero-order valence-corrected chi connectivity index (χ0v) is 11.8. The van der Waals surface area contributed by atoms with Gasteiger partial charge in [-0.05, 0) is 50.1 Å². The molecule has 1 N–H and O–H groups in total. The molecule has 0 amide bonds. The summed E-state index contributed by atoms with van der Waals surface area (Å²) in [5.41, 5.74) is 3.71. The Kier molecular flexibility index (Phi) is 4.45. The maximum atomic E-state index is 5.84. The van der Waals surface area contributed by atoms with Gasteiger partial charge in [-0.15, -0.1) is 0 Å². The largest absolute Gasteiger partial charge is 0.489 e. The van der Waals surface area contributed by atoms with Crippen molar-refractivity contribution >= 4 is 5.69 Å². The van der Waals surface area contributed by atoms with Gasteiger partial charge >= 0.3 is 0 Å². The van der Waals surface area contributed by atoms with E-state index in [0.29, 0.717) is 0 Å². The molecule has 0 spiro atoms. The maximum Gasteiger partial charge on any atom is 0.119 e. The molecule has 1 atom stereocenters. The molecule has 0 fully saturated rings. The second-order valence-corrected chi connectivity index (χ2v) is 4.94. The standard InChI is InChI=1S/C17H21NO/c1-13-9-10-14(2)17(11-13)18-12-15(3)19-16-7-5-4-6-8-16/h4-11,15,18H,12H2,1-3H3/t15-/m1/s1. The highest BCUT2D eigenvalue weighted by molar-refractivity contribution is 5.52. The highest BCUT2D eigenvalue weighted by Crippen LogP contribution is 2.17. The van der Waals surface area contributed by atoms with Crippen molar-refractivity contribution in [3.05, 3.63) is 59.7 Å². The van der Waals surface area contributed by atoms with Crippen LogP contribution in [-0.4, -0.2) is 12.6 Å². The van der Waals surface area contributed by atoms with E-state index in [1.54, 1.807) is 0 Å². The van der Waals surface area contributed by atoms with Crippen LogP contribution in [0.4, 0.5) is 5.69 Å². The van der Waals surface area contributed by atoms with Gasteiger partial charge < -0.3 is 10.1 Å². The summed E-state index contributed by atoms with van der Waals surface area (Å²) < 4.78 is 5.84. The van der Waals surface area contributed by atoms with Crippen molar-refractivity contribution in [2.24, 2.45) is 0 Å². The highest BCUT2D eigenvalue weighted by atomic mass is 16.5. The zero-order chi connectivity index (χ0) is 13.7. The molecule has 0 aliphatic carbocycles. The summed E-state index contributed by atoms with van der Waals surface area (Å²) in [6.07, 6.45) is 0.127. The number of ether oxygens (including phenoxy) is 1. The number of anilines is 1. The first-order valence-electron chi connectivity index (χ1n) is 6.68. The molecular formula is C17H21NO. The molecule has 0 bridgehead atoms. The summed E-state index contributed by atoms with van der Waals surface area (Å²) >= 11 is 0. The Bertz CT molecular complexity index is 522. The Labute approximate surface area is 115 Å². The summed E-state index contributed by atoms with van der Waals surface area (Å²) in [5.74, 6) is 0.915. The Morgan fingerprint density at radius 3 is 2.53 bits per heavy atom. The first-order valence-corrected chi connectivity index (χ1v) is 6.68. The lowest BCUT2D eigenvalue weighted by Crippen LogP contribution is -2.23. The molecule has 0 saturated carbocycles. The number of rotatable bonds is 5. The Morgan fingerprint density at radius 2 is 1.79 bits per heavy atom. The van der Waals surface area contributed by atoms with E-state index in [1.165, 1.54) is 16.8 Å². The molecule has 2 rings (SSSR count). The summed E-state index contributed by atoms with van der Waals surface area (Å²) in [7, 11) is 0. The van der Waals surface area contributed by atoms with Gasteiger partial charge in [0.05, 0.1) is 6.54 Å². The predicted molar refractivity (Wildman–Crippen MR) is 80.9 cm³/mol. The first-order chi connectivity index (χ1) is 9.15. The van der Waals surface area contributed by atoms with Crippen molar-refractivity contribution in [2.75, 3.05) is 11.9 Å². The fourth-order valence-corrected chi connectivity index (χ4v) is 1.95. The predicted octanol–water partition coefficient (Wildman–Crippen LogP) is 4.18. The monoisotopic (exact) mass is 255 g/mol. The fraction of sp³-hybridized carbons (Fsp3) is 0.294. The molecule has 2 aromatic carbocycles. The van der Waals surface area contributed by atoms with Gasteiger partial charge in [0, 0.05) is 5.69 Å². The quantitative estimate of drug-likeness (QED) is 0.865. The second kappa shape index (κ2) is 6.28. The van der Waals surface area contributed by atoms with E-state index in [-0.39, 0.29) is 6.10 Å². The minimum Gasteiger partial charge on any atom is -0.489 e. The van der Waals surface area contributed by atoms with Crippen LogP contribution in [0.2, 0.25) is 0 Å². The molecule has 0 heterocycles. The Balaban J connectivity index is 1.90. The summed E-state index contributed by atoms with van der Waals surface area (Å²) in [6.45, 7) is 7.09. The van der Waals surface area contributed by atoms with Crippen LogP contribution in [-0.2, 0) is 0 Å². The van der Waals surface area contributed by atoms with Crippen molar-refractivity contribution < 1.29 is 4.74 Å². The number of para-hydroxylation sites is 1. The Hall–Kier alpha value is -1.96. The molecule has 2 heteroatoms. The molecule has 0 radical (unpaired) electrons. The molecule has 0 aliphatic heterocycles. The minimum atomic E-state index is 0.127. The smallest absolute Gasteiger partial charge is 0.119 e. The van der Waals surface area contributed by atoms with Crippen LogP contribution in [0.15, 0.2) is 48.5 Å². The van der Waals surface area contributed by atoms with Crippen LogP contribution >= 0.6 is 0 Å². The minimum absolute atomic E-state index is 0.127. The Morgan fingerprint density at radius 1 is 1.05 bits per heavy atom. The van der Waals surface area contributed by atoms with Gasteiger partial charge in [0.15, 0.2) is 0 Å². The molecule has 19 heavy (non-hydrogen) atoms. The van der Waals surface area contributed by atoms with Gasteiger partial charge in [-0.3, -0.25) is 0 Å². The molecule has 0 saturated heterocycles. The van der Waals surface area contributed by atoms with Crippen LogP contribution in [0.25, 0.3) is 0 Å². The van der Waals surface area contributed by atoms with Gasteiger partial charge in [-0.1, -0.05) is 30.3 Å². The average molecular weight is 255 g/mol. The van der Waals surface area contributed by atoms with Crippen molar-refractivity contribution in [3.63, 3.8) is 0 Å². The second-order valence-electron chi connectivity index (χ2n) is 4.94. The van der Waals surface area contributed by atoms with E-state index in [2.05, 4.69) is 44.3 Å². The number of aryl methyl sites for hydroxylation is 2. The van der Waals surface area contributed by atoms with Gasteiger partial charge in [-0.25, -0.2) is 0 Å². The van der Waals surface area contributed by atoms with Crippen LogP contribution in [0, 0.1) is 13.8 Å². The summed E-state index contributed by atoms with van der Waals surface area (Å²) in [4.78, 5) is 0. The maximum absolute atomic E-state index is 5.84. The van der Waals surface area contributed by atoms with Crippen LogP contribution < -0.4 is 10.1 Å². The molecular weight excluding hydrogens is 234 g/mol. The van der Waals surface area contributed by atoms with E-state index in [0.717, 1.165) is 12.3 Å². The molecule has 2 aromatic rings. The van der Waals surface area contributed by atoms with E-state index in [1.807, 2.05) is 30.3 Å². The van der Waals surface area contributed by atoms with E-state index in [9.17, 15) is 0 Å². The summed E-state index contributed by atoms with van der Waals surface area (Å²) in [5, 5.41) is 3.45. The number of benzene rings is 2. The van der Waals surface area contributed by atoms with Gasteiger partial charge in [0.25, 0.3) is 0 Å². The van der Waals surface area contributed by atoms with Gasteiger partial charge in [0.2, 0.25) is 0 Å². The van der Waals surface area contributed by atoms with E-state index < -0.39 is 0 Å². The third-order valence-corrected chi connectivity index (χ3v) is 3.05. The fourth-order valence-electron chi connectivity index (χ4n) is 1.95. The normalized spacial score (nSPS) is 11.9. The number of nitrogens with one attached hydrogen (secondary N) is 1. The lowest BCUT2D eigenvalue weighted by Gasteiger charge is -2.17. The van der Waals surface area contributed by atoms with Gasteiger partial charge in [0.1, 0.15) is 11.9 Å².